The minimum Gasteiger partial charge on any atom is -0.324 e. The van der Waals surface area contributed by atoms with Gasteiger partial charge in [-0.25, -0.2) is 10.4 Å². The molecule has 1 aromatic heterocycles. The molecule has 1 amide bonds. The highest BCUT2D eigenvalue weighted by Crippen LogP contribution is 2.32. The van der Waals surface area contributed by atoms with E-state index in [1.165, 1.54) is 5.56 Å². The number of nitrogens with one attached hydrogen (secondary N) is 1. The van der Waals surface area contributed by atoms with E-state index in [0.29, 0.717) is 15.6 Å². The second-order valence-corrected chi connectivity index (χ2v) is 8.37. The van der Waals surface area contributed by atoms with Crippen molar-refractivity contribution in [1.29, 1.82) is 0 Å². The standard InChI is InChI=1S/C25H22Cl2N4O/c1-3-12-31-23-11-8-18(25(32)30-28-15-17-6-4-16(2)5-7-17)13-22(23)29-24(31)20-10-9-19(26)14-21(20)27/h4-11,13-15H,3,12H2,1-2H3,(H,30,32)/b28-15+. The molecule has 0 radical (unpaired) electrons. The van der Waals surface area contributed by atoms with Crippen LogP contribution in [0.5, 0.6) is 0 Å². The van der Waals surface area contributed by atoms with Crippen molar-refractivity contribution in [3.05, 3.63) is 87.4 Å². The van der Waals surface area contributed by atoms with Gasteiger partial charge in [0.2, 0.25) is 0 Å². The average Bonchev–Trinajstić information content (AvgIpc) is 3.12. The van der Waals surface area contributed by atoms with E-state index >= 15 is 0 Å². The maximum absolute atomic E-state index is 12.6. The highest BCUT2D eigenvalue weighted by atomic mass is 35.5. The van der Waals surface area contributed by atoms with Gasteiger partial charge in [0.1, 0.15) is 5.82 Å². The molecule has 1 heterocycles. The van der Waals surface area contributed by atoms with Gasteiger partial charge in [0.05, 0.1) is 22.3 Å². The number of nitrogens with zero attached hydrogens (tertiary/aromatic N) is 3. The van der Waals surface area contributed by atoms with E-state index < -0.39 is 0 Å². The van der Waals surface area contributed by atoms with E-state index in [1.54, 1.807) is 30.5 Å². The number of amides is 1. The van der Waals surface area contributed by atoms with Crippen LogP contribution in [0.15, 0.2) is 65.8 Å². The first-order valence-corrected chi connectivity index (χ1v) is 11.1. The topological polar surface area (TPSA) is 59.3 Å². The maximum Gasteiger partial charge on any atom is 0.271 e. The molecule has 0 unspecified atom stereocenters. The summed E-state index contributed by atoms with van der Waals surface area (Å²) in [5.74, 6) is 0.449. The monoisotopic (exact) mass is 464 g/mol. The summed E-state index contributed by atoms with van der Waals surface area (Å²) < 4.78 is 2.11. The predicted octanol–water partition coefficient (Wildman–Crippen LogP) is 6.49. The Bertz CT molecular complexity index is 1310. The summed E-state index contributed by atoms with van der Waals surface area (Å²) in [6, 6.07) is 18.7. The smallest absolute Gasteiger partial charge is 0.271 e. The number of hydrazone groups is 1. The fourth-order valence-electron chi connectivity index (χ4n) is 3.48. The van der Waals surface area contributed by atoms with Gasteiger partial charge in [-0.05, 0) is 55.3 Å². The van der Waals surface area contributed by atoms with Gasteiger partial charge in [-0.1, -0.05) is 60.0 Å². The highest BCUT2D eigenvalue weighted by molar-refractivity contribution is 6.36. The number of hydrogen-bond acceptors (Lipinski definition) is 3. The van der Waals surface area contributed by atoms with E-state index in [-0.39, 0.29) is 5.91 Å². The number of aromatic nitrogens is 2. The quantitative estimate of drug-likeness (QED) is 0.261. The molecule has 0 spiro atoms. The lowest BCUT2D eigenvalue weighted by atomic mass is 10.2. The predicted molar refractivity (Wildman–Crippen MR) is 132 cm³/mol. The molecule has 0 bridgehead atoms. The second-order valence-electron chi connectivity index (χ2n) is 7.52. The van der Waals surface area contributed by atoms with Crippen LogP contribution in [0, 0.1) is 6.92 Å². The Morgan fingerprint density at radius 3 is 2.59 bits per heavy atom. The molecular weight excluding hydrogens is 443 g/mol. The number of carbonyl (C=O) groups excluding carboxylic acids is 1. The minimum atomic E-state index is -0.300. The van der Waals surface area contributed by atoms with Crippen LogP contribution in [-0.2, 0) is 6.54 Å². The maximum atomic E-state index is 12.6. The Kier molecular flexibility index (Phi) is 6.58. The lowest BCUT2D eigenvalue weighted by molar-refractivity contribution is 0.0955. The molecule has 0 aliphatic heterocycles. The number of aryl methyl sites for hydroxylation is 2. The summed E-state index contributed by atoms with van der Waals surface area (Å²) in [7, 11) is 0. The largest absolute Gasteiger partial charge is 0.324 e. The molecule has 7 heteroatoms. The first-order chi connectivity index (χ1) is 15.5. The number of benzene rings is 3. The molecule has 5 nitrogen and oxygen atoms in total. The van der Waals surface area contributed by atoms with Gasteiger partial charge in [-0.3, -0.25) is 4.79 Å². The fourth-order valence-corrected chi connectivity index (χ4v) is 3.97. The zero-order valence-electron chi connectivity index (χ0n) is 17.8. The third-order valence-electron chi connectivity index (χ3n) is 5.09. The molecule has 3 aromatic carbocycles. The molecule has 162 valence electrons. The molecule has 0 saturated heterocycles. The van der Waals surface area contributed by atoms with Crippen LogP contribution in [0.1, 0.15) is 34.8 Å². The number of imidazole rings is 1. The van der Waals surface area contributed by atoms with Gasteiger partial charge in [0, 0.05) is 22.7 Å². The lowest BCUT2D eigenvalue weighted by Gasteiger charge is -2.09. The lowest BCUT2D eigenvalue weighted by Crippen LogP contribution is -2.17. The SMILES string of the molecule is CCCn1c(-c2ccc(Cl)cc2Cl)nc2cc(C(=O)N/N=C/c3ccc(C)cc3)ccc21. The molecule has 4 aromatic rings. The Morgan fingerprint density at radius 1 is 1.09 bits per heavy atom. The zero-order chi connectivity index (χ0) is 22.7. The fraction of sp³-hybridized carbons (Fsp3) is 0.160. The molecule has 0 saturated carbocycles. The Hall–Kier alpha value is -3.15. The number of rotatable bonds is 6. The van der Waals surface area contributed by atoms with Crippen LogP contribution in [0.4, 0.5) is 0 Å². The summed E-state index contributed by atoms with van der Waals surface area (Å²) in [6.45, 7) is 4.90. The third-order valence-corrected chi connectivity index (χ3v) is 5.63. The summed E-state index contributed by atoms with van der Waals surface area (Å²) in [5.41, 5.74) is 7.59. The van der Waals surface area contributed by atoms with Crippen molar-refractivity contribution in [2.24, 2.45) is 5.10 Å². The molecule has 32 heavy (non-hydrogen) atoms. The third kappa shape index (κ3) is 4.69. The Morgan fingerprint density at radius 2 is 1.88 bits per heavy atom. The van der Waals surface area contributed by atoms with Crippen molar-refractivity contribution in [3.8, 4) is 11.4 Å². The first-order valence-electron chi connectivity index (χ1n) is 10.3. The molecule has 0 fully saturated rings. The summed E-state index contributed by atoms with van der Waals surface area (Å²) in [5, 5.41) is 5.17. The first kappa shape index (κ1) is 22.1. The van der Waals surface area contributed by atoms with E-state index in [0.717, 1.165) is 41.0 Å². The van der Waals surface area contributed by atoms with Gasteiger partial charge < -0.3 is 4.57 Å². The average molecular weight is 465 g/mol. The molecule has 4 rings (SSSR count). The summed E-state index contributed by atoms with van der Waals surface area (Å²) >= 11 is 12.5. The normalized spacial score (nSPS) is 11.4. The van der Waals surface area contributed by atoms with E-state index in [2.05, 4.69) is 22.0 Å². The Labute approximate surface area is 196 Å². The number of hydrogen-bond donors (Lipinski definition) is 1. The molecule has 0 aliphatic rings. The number of fused-ring (bicyclic) bond motifs is 1. The van der Waals surface area contributed by atoms with Crippen molar-refractivity contribution in [2.45, 2.75) is 26.8 Å². The van der Waals surface area contributed by atoms with Gasteiger partial charge >= 0.3 is 0 Å². The van der Waals surface area contributed by atoms with Crippen molar-refractivity contribution in [2.75, 3.05) is 0 Å². The molecule has 0 atom stereocenters. The summed E-state index contributed by atoms with van der Waals surface area (Å²) in [6.07, 6.45) is 2.55. The van der Waals surface area contributed by atoms with E-state index in [9.17, 15) is 4.79 Å². The minimum absolute atomic E-state index is 0.300. The van der Waals surface area contributed by atoms with Crippen LogP contribution in [-0.4, -0.2) is 21.7 Å². The van der Waals surface area contributed by atoms with E-state index in [4.69, 9.17) is 28.2 Å². The van der Waals surface area contributed by atoms with Crippen molar-refractivity contribution in [1.82, 2.24) is 15.0 Å². The molecular formula is C25H22Cl2N4O. The van der Waals surface area contributed by atoms with Crippen LogP contribution in [0.2, 0.25) is 10.0 Å². The van der Waals surface area contributed by atoms with Crippen molar-refractivity contribution >= 4 is 46.4 Å². The Balaban J connectivity index is 1.63. The van der Waals surface area contributed by atoms with Crippen LogP contribution < -0.4 is 5.43 Å². The van der Waals surface area contributed by atoms with E-state index in [1.807, 2.05) is 43.3 Å². The zero-order valence-corrected chi connectivity index (χ0v) is 19.3. The molecule has 1 N–H and O–H groups in total. The highest BCUT2D eigenvalue weighted by Gasteiger charge is 2.16. The van der Waals surface area contributed by atoms with Crippen LogP contribution >= 0.6 is 23.2 Å². The van der Waals surface area contributed by atoms with Gasteiger partial charge in [-0.2, -0.15) is 5.10 Å². The van der Waals surface area contributed by atoms with Crippen molar-refractivity contribution < 1.29 is 4.79 Å². The molecule has 0 aliphatic carbocycles. The van der Waals surface area contributed by atoms with Gasteiger partial charge in [-0.15, -0.1) is 0 Å². The second kappa shape index (κ2) is 9.55. The number of carbonyl (C=O) groups is 1. The van der Waals surface area contributed by atoms with Crippen molar-refractivity contribution in [3.63, 3.8) is 0 Å². The summed E-state index contributed by atoms with van der Waals surface area (Å²) in [4.78, 5) is 17.4. The number of halogens is 2. The van der Waals surface area contributed by atoms with Gasteiger partial charge in [0.25, 0.3) is 5.91 Å². The van der Waals surface area contributed by atoms with Crippen LogP contribution in [0.25, 0.3) is 22.4 Å². The van der Waals surface area contributed by atoms with Crippen LogP contribution in [0.3, 0.4) is 0 Å². The van der Waals surface area contributed by atoms with Gasteiger partial charge in [0.15, 0.2) is 0 Å².